The zero-order valence-electron chi connectivity index (χ0n) is 9.46. The van der Waals surface area contributed by atoms with E-state index in [1.807, 2.05) is 0 Å². The molecule has 0 aromatic rings. The lowest BCUT2D eigenvalue weighted by Crippen LogP contribution is -2.42. The summed E-state index contributed by atoms with van der Waals surface area (Å²) in [5, 5.41) is 0. The number of likely N-dealkylation sites (N-methyl/N-ethyl adjacent to an activating group) is 1. The maximum Gasteiger partial charge on any atom is 0.0238 e. The van der Waals surface area contributed by atoms with Gasteiger partial charge in [-0.05, 0) is 31.2 Å². The quantitative estimate of drug-likeness (QED) is 0.702. The van der Waals surface area contributed by atoms with Crippen LogP contribution in [0.1, 0.15) is 27.2 Å². The van der Waals surface area contributed by atoms with Crippen molar-refractivity contribution in [1.29, 1.82) is 0 Å². The Balaban J connectivity index is 2.31. The van der Waals surface area contributed by atoms with Crippen molar-refractivity contribution in [3.63, 3.8) is 0 Å². The van der Waals surface area contributed by atoms with Gasteiger partial charge in [0.05, 0.1) is 0 Å². The van der Waals surface area contributed by atoms with E-state index in [0.29, 0.717) is 12.0 Å². The smallest absolute Gasteiger partial charge is 0.0238 e. The maximum absolute atomic E-state index is 5.76. The summed E-state index contributed by atoms with van der Waals surface area (Å²) in [6.45, 7) is 8.87. The molecule has 2 N–H and O–H groups in total. The van der Waals surface area contributed by atoms with Gasteiger partial charge in [0.2, 0.25) is 0 Å². The summed E-state index contributed by atoms with van der Waals surface area (Å²) in [5.74, 6) is 2.56. The zero-order valence-corrected chi connectivity index (χ0v) is 9.46. The van der Waals surface area contributed by atoms with Crippen molar-refractivity contribution < 1.29 is 0 Å². The van der Waals surface area contributed by atoms with E-state index in [4.69, 9.17) is 5.73 Å². The molecule has 1 aliphatic rings. The Labute approximate surface area is 82.5 Å². The van der Waals surface area contributed by atoms with Gasteiger partial charge < -0.3 is 10.6 Å². The summed E-state index contributed by atoms with van der Waals surface area (Å²) >= 11 is 0. The van der Waals surface area contributed by atoms with E-state index in [2.05, 4.69) is 32.7 Å². The number of rotatable bonds is 5. The summed E-state index contributed by atoms with van der Waals surface area (Å²) in [6.07, 6.45) is 1.42. The molecule has 2 heteroatoms. The van der Waals surface area contributed by atoms with E-state index in [1.165, 1.54) is 13.0 Å². The van der Waals surface area contributed by atoms with E-state index in [9.17, 15) is 0 Å². The highest BCUT2D eigenvalue weighted by atomic mass is 15.1. The fraction of sp³-hybridized carbons (Fsp3) is 1.00. The molecule has 1 rings (SSSR count). The zero-order chi connectivity index (χ0) is 10.0. The molecular formula is C11H24N2. The van der Waals surface area contributed by atoms with Crippen LogP contribution in [0.2, 0.25) is 0 Å². The lowest BCUT2D eigenvalue weighted by Gasteiger charge is -2.30. The van der Waals surface area contributed by atoms with E-state index in [-0.39, 0.29) is 0 Å². The molecule has 13 heavy (non-hydrogen) atoms. The van der Waals surface area contributed by atoms with Gasteiger partial charge in [0, 0.05) is 19.1 Å². The number of hydrogen-bond acceptors (Lipinski definition) is 2. The van der Waals surface area contributed by atoms with E-state index in [0.717, 1.165) is 18.4 Å². The number of nitrogens with two attached hydrogens (primary N) is 1. The van der Waals surface area contributed by atoms with Crippen LogP contribution in [0.3, 0.4) is 0 Å². The summed E-state index contributed by atoms with van der Waals surface area (Å²) < 4.78 is 0. The SMILES string of the molecule is CC(C)C(CN)N(C)CC1CC1C. The summed E-state index contributed by atoms with van der Waals surface area (Å²) in [7, 11) is 2.21. The van der Waals surface area contributed by atoms with Gasteiger partial charge in [0.25, 0.3) is 0 Å². The van der Waals surface area contributed by atoms with E-state index < -0.39 is 0 Å². The van der Waals surface area contributed by atoms with Crippen LogP contribution in [0.25, 0.3) is 0 Å². The van der Waals surface area contributed by atoms with Gasteiger partial charge in [0.1, 0.15) is 0 Å². The predicted octanol–water partition coefficient (Wildman–Crippen LogP) is 1.56. The lowest BCUT2D eigenvalue weighted by atomic mass is 10.0. The Hall–Kier alpha value is -0.0800. The Morgan fingerprint density at radius 3 is 2.31 bits per heavy atom. The molecule has 0 saturated heterocycles. The molecule has 0 amide bonds. The molecule has 1 fully saturated rings. The van der Waals surface area contributed by atoms with Crippen LogP contribution in [-0.4, -0.2) is 31.1 Å². The van der Waals surface area contributed by atoms with Gasteiger partial charge in [-0.1, -0.05) is 20.8 Å². The Kier molecular flexibility index (Phi) is 3.74. The van der Waals surface area contributed by atoms with Crippen LogP contribution in [-0.2, 0) is 0 Å². The largest absolute Gasteiger partial charge is 0.329 e. The van der Waals surface area contributed by atoms with Crippen LogP contribution < -0.4 is 5.73 Å². The molecule has 0 aromatic carbocycles. The third-order valence-electron chi connectivity index (χ3n) is 3.38. The highest BCUT2D eigenvalue weighted by Crippen LogP contribution is 2.38. The monoisotopic (exact) mass is 184 g/mol. The van der Waals surface area contributed by atoms with Gasteiger partial charge in [-0.3, -0.25) is 0 Å². The second-order valence-corrected chi connectivity index (χ2v) is 4.96. The van der Waals surface area contributed by atoms with Gasteiger partial charge >= 0.3 is 0 Å². The lowest BCUT2D eigenvalue weighted by molar-refractivity contribution is 0.188. The molecule has 78 valence electrons. The number of hydrogen-bond donors (Lipinski definition) is 1. The first kappa shape index (κ1) is 11.0. The molecule has 1 aliphatic carbocycles. The van der Waals surface area contributed by atoms with Crippen molar-refractivity contribution >= 4 is 0 Å². The second kappa shape index (κ2) is 4.43. The van der Waals surface area contributed by atoms with Crippen molar-refractivity contribution in [3.8, 4) is 0 Å². The first-order chi connectivity index (χ1) is 6.06. The summed E-state index contributed by atoms with van der Waals surface area (Å²) in [6, 6.07) is 0.563. The van der Waals surface area contributed by atoms with Crippen LogP contribution in [0.4, 0.5) is 0 Å². The third kappa shape index (κ3) is 2.96. The highest BCUT2D eigenvalue weighted by Gasteiger charge is 2.34. The van der Waals surface area contributed by atoms with Crippen LogP contribution in [0.5, 0.6) is 0 Å². The molecule has 0 spiro atoms. The van der Waals surface area contributed by atoms with Crippen LogP contribution in [0.15, 0.2) is 0 Å². The molecule has 3 atom stereocenters. The van der Waals surface area contributed by atoms with Crippen LogP contribution in [0, 0.1) is 17.8 Å². The Bertz CT molecular complexity index is 156. The maximum atomic E-state index is 5.76. The molecule has 0 aliphatic heterocycles. The molecule has 0 radical (unpaired) electrons. The molecule has 0 bridgehead atoms. The number of nitrogens with zero attached hydrogens (tertiary/aromatic N) is 1. The predicted molar refractivity (Wildman–Crippen MR) is 57.6 cm³/mol. The molecule has 3 unspecified atom stereocenters. The van der Waals surface area contributed by atoms with Crippen molar-refractivity contribution in [2.45, 2.75) is 33.2 Å². The standard InChI is InChI=1S/C11H24N2/c1-8(2)11(6-12)13(4)7-10-5-9(10)3/h8-11H,5-7,12H2,1-4H3. The van der Waals surface area contributed by atoms with Crippen LogP contribution >= 0.6 is 0 Å². The van der Waals surface area contributed by atoms with Crippen molar-refractivity contribution in [2.24, 2.45) is 23.5 Å². The second-order valence-electron chi connectivity index (χ2n) is 4.96. The van der Waals surface area contributed by atoms with Gasteiger partial charge in [0.15, 0.2) is 0 Å². The molecule has 0 aromatic heterocycles. The van der Waals surface area contributed by atoms with Crippen molar-refractivity contribution in [3.05, 3.63) is 0 Å². The molecular weight excluding hydrogens is 160 g/mol. The summed E-state index contributed by atoms with van der Waals surface area (Å²) in [5.41, 5.74) is 5.76. The first-order valence-electron chi connectivity index (χ1n) is 5.46. The average Bonchev–Trinajstić information content (AvgIpc) is 2.66. The van der Waals surface area contributed by atoms with Crippen molar-refractivity contribution in [2.75, 3.05) is 20.1 Å². The Morgan fingerprint density at radius 1 is 1.46 bits per heavy atom. The minimum absolute atomic E-state index is 0.563. The van der Waals surface area contributed by atoms with Gasteiger partial charge in [-0.2, -0.15) is 0 Å². The topological polar surface area (TPSA) is 29.3 Å². The minimum atomic E-state index is 0.563. The average molecular weight is 184 g/mol. The molecule has 0 heterocycles. The molecule has 1 saturated carbocycles. The van der Waals surface area contributed by atoms with Gasteiger partial charge in [-0.15, -0.1) is 0 Å². The van der Waals surface area contributed by atoms with E-state index in [1.54, 1.807) is 0 Å². The van der Waals surface area contributed by atoms with E-state index >= 15 is 0 Å². The fourth-order valence-electron chi connectivity index (χ4n) is 2.12. The normalized spacial score (nSPS) is 29.8. The highest BCUT2D eigenvalue weighted by molar-refractivity contribution is 4.86. The molecule has 2 nitrogen and oxygen atoms in total. The minimum Gasteiger partial charge on any atom is -0.329 e. The van der Waals surface area contributed by atoms with Gasteiger partial charge in [-0.25, -0.2) is 0 Å². The summed E-state index contributed by atoms with van der Waals surface area (Å²) in [4.78, 5) is 2.44. The fourth-order valence-corrected chi connectivity index (χ4v) is 2.12. The first-order valence-corrected chi connectivity index (χ1v) is 5.46. The van der Waals surface area contributed by atoms with Crippen molar-refractivity contribution in [1.82, 2.24) is 4.90 Å². The Morgan fingerprint density at radius 2 is 2.00 bits per heavy atom. The third-order valence-corrected chi connectivity index (χ3v) is 3.38.